The Bertz CT molecular complexity index is 405. The van der Waals surface area contributed by atoms with Gasteiger partial charge in [-0.3, -0.25) is 4.79 Å². The van der Waals surface area contributed by atoms with Crippen LogP contribution in [0, 0.1) is 0 Å². The Morgan fingerprint density at radius 1 is 1.53 bits per heavy atom. The Hall–Kier alpha value is -0.940. The lowest BCUT2D eigenvalue weighted by Gasteiger charge is -2.20. The zero-order chi connectivity index (χ0) is 12.4. The summed E-state index contributed by atoms with van der Waals surface area (Å²) in [6.07, 6.45) is 2.70. The van der Waals surface area contributed by atoms with Gasteiger partial charge in [0.15, 0.2) is 0 Å². The maximum Gasteiger partial charge on any atom is 0.272 e. The number of carbonyl (C=O) groups excluding carboxylic acids is 1. The van der Waals surface area contributed by atoms with E-state index in [0.717, 1.165) is 24.0 Å². The monoisotopic (exact) mass is 297 g/mol. The molecule has 2 rings (SSSR count). The van der Waals surface area contributed by atoms with Crippen molar-refractivity contribution in [1.29, 1.82) is 0 Å². The van der Waals surface area contributed by atoms with Crippen LogP contribution in [0.3, 0.4) is 0 Å². The number of halogens is 1. The molecule has 0 unspecified atom stereocenters. The smallest absolute Gasteiger partial charge is 0.272 e. The van der Waals surface area contributed by atoms with E-state index in [-0.39, 0.29) is 5.91 Å². The maximum atomic E-state index is 12.2. The largest absolute Gasteiger partial charge is 0.336 e. The number of carbonyl (C=O) groups is 1. The van der Waals surface area contributed by atoms with Crippen LogP contribution < -0.4 is 0 Å². The summed E-state index contributed by atoms with van der Waals surface area (Å²) < 4.78 is 0.890. The van der Waals surface area contributed by atoms with E-state index in [0.29, 0.717) is 11.7 Å². The molecule has 4 nitrogen and oxygen atoms in total. The van der Waals surface area contributed by atoms with Crippen molar-refractivity contribution in [2.24, 2.45) is 0 Å². The minimum absolute atomic E-state index is 0.0295. The van der Waals surface area contributed by atoms with Gasteiger partial charge in [-0.1, -0.05) is 0 Å². The molecule has 0 radical (unpaired) electrons. The second-order valence-electron chi connectivity index (χ2n) is 4.52. The second kappa shape index (κ2) is 5.14. The number of pyridine rings is 1. The number of aromatic nitrogens is 1. The molecule has 0 N–H and O–H groups in total. The summed E-state index contributed by atoms with van der Waals surface area (Å²) in [6, 6.07) is 4.07. The third-order valence-electron chi connectivity index (χ3n) is 3.13. The SMILES string of the molecule is CN(C)[C@@H]1CCN(C(=O)c2ccc(Br)cn2)C1. The van der Waals surface area contributed by atoms with Gasteiger partial charge in [-0.2, -0.15) is 0 Å². The lowest BCUT2D eigenvalue weighted by Crippen LogP contribution is -2.34. The second-order valence-corrected chi connectivity index (χ2v) is 5.43. The van der Waals surface area contributed by atoms with Crippen molar-refractivity contribution >= 4 is 21.8 Å². The van der Waals surface area contributed by atoms with E-state index in [9.17, 15) is 4.79 Å². The molecule has 0 aromatic carbocycles. The number of amides is 1. The van der Waals surface area contributed by atoms with Crippen molar-refractivity contribution in [2.45, 2.75) is 12.5 Å². The van der Waals surface area contributed by atoms with Gasteiger partial charge < -0.3 is 9.80 Å². The van der Waals surface area contributed by atoms with Crippen LogP contribution >= 0.6 is 15.9 Å². The Morgan fingerprint density at radius 3 is 2.82 bits per heavy atom. The molecule has 0 saturated carbocycles. The van der Waals surface area contributed by atoms with Gasteiger partial charge in [0.05, 0.1) is 0 Å². The van der Waals surface area contributed by atoms with Gasteiger partial charge in [0.1, 0.15) is 5.69 Å². The third-order valence-corrected chi connectivity index (χ3v) is 3.60. The molecule has 1 amide bonds. The molecule has 1 aliphatic rings. The van der Waals surface area contributed by atoms with Crippen molar-refractivity contribution in [1.82, 2.24) is 14.8 Å². The Balaban J connectivity index is 2.04. The van der Waals surface area contributed by atoms with Crippen molar-refractivity contribution in [3.05, 3.63) is 28.5 Å². The quantitative estimate of drug-likeness (QED) is 0.832. The molecule has 1 aromatic heterocycles. The molecule has 17 heavy (non-hydrogen) atoms. The average molecular weight is 298 g/mol. The lowest BCUT2D eigenvalue weighted by molar-refractivity contribution is 0.0777. The summed E-state index contributed by atoms with van der Waals surface area (Å²) in [5, 5.41) is 0. The molecule has 2 heterocycles. The zero-order valence-electron chi connectivity index (χ0n) is 10.1. The van der Waals surface area contributed by atoms with Gasteiger partial charge in [0.2, 0.25) is 0 Å². The van der Waals surface area contributed by atoms with Crippen molar-refractivity contribution < 1.29 is 4.79 Å². The summed E-state index contributed by atoms with van der Waals surface area (Å²) in [5.74, 6) is 0.0295. The molecule has 0 aliphatic carbocycles. The first kappa shape index (κ1) is 12.5. The number of nitrogens with zero attached hydrogens (tertiary/aromatic N) is 3. The van der Waals surface area contributed by atoms with Gasteiger partial charge in [-0.05, 0) is 48.6 Å². The highest BCUT2D eigenvalue weighted by Crippen LogP contribution is 2.16. The minimum Gasteiger partial charge on any atom is -0.336 e. The van der Waals surface area contributed by atoms with E-state index in [1.165, 1.54) is 0 Å². The van der Waals surface area contributed by atoms with Gasteiger partial charge >= 0.3 is 0 Å². The lowest BCUT2D eigenvalue weighted by atomic mass is 10.2. The van der Waals surface area contributed by atoms with Crippen LogP contribution in [0.1, 0.15) is 16.9 Å². The number of rotatable bonds is 2. The number of likely N-dealkylation sites (tertiary alicyclic amines) is 1. The van der Waals surface area contributed by atoms with E-state index in [2.05, 4.69) is 39.9 Å². The number of hydrogen-bond acceptors (Lipinski definition) is 3. The number of hydrogen-bond donors (Lipinski definition) is 0. The summed E-state index contributed by atoms with van der Waals surface area (Å²) in [4.78, 5) is 20.3. The minimum atomic E-state index is 0.0295. The predicted molar refractivity (Wildman–Crippen MR) is 69.9 cm³/mol. The number of likely N-dealkylation sites (N-methyl/N-ethyl adjacent to an activating group) is 1. The third kappa shape index (κ3) is 2.84. The fourth-order valence-electron chi connectivity index (χ4n) is 2.01. The summed E-state index contributed by atoms with van der Waals surface area (Å²) in [7, 11) is 4.10. The first-order chi connectivity index (χ1) is 8.08. The highest BCUT2D eigenvalue weighted by atomic mass is 79.9. The molecule has 0 spiro atoms. The van der Waals surface area contributed by atoms with Crippen LogP contribution in [0.15, 0.2) is 22.8 Å². The van der Waals surface area contributed by atoms with E-state index >= 15 is 0 Å². The van der Waals surface area contributed by atoms with Crippen LogP contribution in [0.4, 0.5) is 0 Å². The van der Waals surface area contributed by atoms with Gasteiger partial charge in [0.25, 0.3) is 5.91 Å². The van der Waals surface area contributed by atoms with Crippen molar-refractivity contribution in [2.75, 3.05) is 27.2 Å². The molecule has 1 fully saturated rings. The molecule has 1 aliphatic heterocycles. The van der Waals surface area contributed by atoms with Crippen molar-refractivity contribution in [3.8, 4) is 0 Å². The Morgan fingerprint density at radius 2 is 2.29 bits per heavy atom. The normalized spacial score (nSPS) is 20.0. The summed E-state index contributed by atoms with van der Waals surface area (Å²) >= 11 is 3.31. The van der Waals surface area contributed by atoms with E-state index in [1.807, 2.05) is 11.0 Å². The zero-order valence-corrected chi connectivity index (χ0v) is 11.6. The molecular formula is C12H16BrN3O. The van der Waals surface area contributed by atoms with E-state index in [4.69, 9.17) is 0 Å². The molecule has 1 saturated heterocycles. The fraction of sp³-hybridized carbons (Fsp3) is 0.500. The van der Waals surface area contributed by atoms with Gasteiger partial charge in [-0.25, -0.2) is 4.98 Å². The van der Waals surface area contributed by atoms with Gasteiger partial charge in [-0.15, -0.1) is 0 Å². The first-order valence-corrected chi connectivity index (χ1v) is 6.44. The highest BCUT2D eigenvalue weighted by Gasteiger charge is 2.28. The standard InChI is InChI=1S/C12H16BrN3O/c1-15(2)10-5-6-16(8-10)12(17)11-4-3-9(13)7-14-11/h3-4,7,10H,5-6,8H2,1-2H3/t10-/m1/s1. The fourth-order valence-corrected chi connectivity index (χ4v) is 2.25. The summed E-state index contributed by atoms with van der Waals surface area (Å²) in [5.41, 5.74) is 0.521. The molecule has 1 atom stereocenters. The van der Waals surface area contributed by atoms with Crippen LogP contribution in [-0.2, 0) is 0 Å². The van der Waals surface area contributed by atoms with Crippen LogP contribution in [0.25, 0.3) is 0 Å². The highest BCUT2D eigenvalue weighted by molar-refractivity contribution is 9.10. The molecule has 0 bridgehead atoms. The van der Waals surface area contributed by atoms with Crippen LogP contribution in [-0.4, -0.2) is 53.9 Å². The molecule has 1 aromatic rings. The first-order valence-electron chi connectivity index (χ1n) is 5.65. The van der Waals surface area contributed by atoms with Crippen LogP contribution in [0.2, 0.25) is 0 Å². The Kier molecular flexibility index (Phi) is 3.79. The summed E-state index contributed by atoms with van der Waals surface area (Å²) in [6.45, 7) is 1.61. The van der Waals surface area contributed by atoms with Crippen LogP contribution in [0.5, 0.6) is 0 Å². The maximum absolute atomic E-state index is 12.2. The van der Waals surface area contributed by atoms with E-state index < -0.39 is 0 Å². The topological polar surface area (TPSA) is 36.4 Å². The Labute approximate surface area is 110 Å². The van der Waals surface area contributed by atoms with Gasteiger partial charge in [0, 0.05) is 29.8 Å². The average Bonchev–Trinajstić information content (AvgIpc) is 2.78. The molecule has 92 valence electrons. The predicted octanol–water partition coefficient (Wildman–Crippen LogP) is 1.62. The molecular weight excluding hydrogens is 282 g/mol. The van der Waals surface area contributed by atoms with Crippen molar-refractivity contribution in [3.63, 3.8) is 0 Å². The molecule has 5 heteroatoms. The van der Waals surface area contributed by atoms with E-state index in [1.54, 1.807) is 12.3 Å².